The minimum absolute atomic E-state index is 0.926. The highest BCUT2D eigenvalue weighted by atomic mass is 32.1. The number of hydrogen-bond donors (Lipinski definition) is 2. The van der Waals surface area contributed by atoms with Gasteiger partial charge in [0.2, 0.25) is 0 Å². The second-order valence-electron chi connectivity index (χ2n) is 7.12. The molecule has 6 heteroatoms. The van der Waals surface area contributed by atoms with Crippen LogP contribution in [0, 0.1) is 0 Å². The quantitative estimate of drug-likeness (QED) is 0.444. The van der Waals surface area contributed by atoms with E-state index in [-0.39, 0.29) is 0 Å². The smallest absolute Gasteiger partial charge is 0.191 e. The fourth-order valence-corrected chi connectivity index (χ4v) is 4.89. The summed E-state index contributed by atoms with van der Waals surface area (Å²) in [7, 11) is 1.85. The summed E-state index contributed by atoms with van der Waals surface area (Å²) in [5.74, 6) is 0.926. The first kappa shape index (κ1) is 18.6. The molecule has 2 aliphatic rings. The average molecular weight is 364 g/mol. The first-order valence-electron chi connectivity index (χ1n) is 9.99. The van der Waals surface area contributed by atoms with E-state index in [9.17, 15) is 0 Å². The third-order valence-electron chi connectivity index (χ3n) is 5.14. The van der Waals surface area contributed by atoms with E-state index in [2.05, 4.69) is 20.5 Å². The van der Waals surface area contributed by atoms with E-state index >= 15 is 0 Å². The molecule has 0 aromatic carbocycles. The fraction of sp³-hybridized carbons (Fsp3) is 0.789. The predicted molar refractivity (Wildman–Crippen MR) is 107 cm³/mol. The zero-order valence-corrected chi connectivity index (χ0v) is 16.5. The van der Waals surface area contributed by atoms with Gasteiger partial charge in [0.05, 0.1) is 10.7 Å². The van der Waals surface area contributed by atoms with Crippen LogP contribution in [0.5, 0.6) is 0 Å². The van der Waals surface area contributed by atoms with E-state index in [0.29, 0.717) is 0 Å². The van der Waals surface area contributed by atoms with Crippen molar-refractivity contribution < 1.29 is 0 Å². The standard InChI is InChI=1S/C19H33N5S/c1-20-19(22-12-15-24-13-5-2-6-14-24)21-11-7-10-18-23-16-8-3-4-9-17(16)25-18/h2-15H2,1H3,(H2,20,21,22). The normalized spacial score (nSPS) is 18.8. The maximum atomic E-state index is 4.83. The van der Waals surface area contributed by atoms with Gasteiger partial charge >= 0.3 is 0 Å². The van der Waals surface area contributed by atoms with Crippen LogP contribution in [0.15, 0.2) is 4.99 Å². The van der Waals surface area contributed by atoms with Gasteiger partial charge in [-0.15, -0.1) is 11.3 Å². The van der Waals surface area contributed by atoms with Gasteiger partial charge in [0.25, 0.3) is 0 Å². The van der Waals surface area contributed by atoms with Gasteiger partial charge in [-0.2, -0.15) is 0 Å². The van der Waals surface area contributed by atoms with E-state index < -0.39 is 0 Å². The number of guanidine groups is 1. The van der Waals surface area contributed by atoms with E-state index in [1.54, 1.807) is 4.88 Å². The van der Waals surface area contributed by atoms with E-state index in [0.717, 1.165) is 38.4 Å². The third kappa shape index (κ3) is 5.96. The Labute approximate surface area is 156 Å². The van der Waals surface area contributed by atoms with Crippen LogP contribution in [0.2, 0.25) is 0 Å². The largest absolute Gasteiger partial charge is 0.356 e. The van der Waals surface area contributed by atoms with Crippen molar-refractivity contribution in [1.82, 2.24) is 20.5 Å². The molecule has 0 amide bonds. The molecule has 5 nitrogen and oxygen atoms in total. The van der Waals surface area contributed by atoms with Crippen LogP contribution >= 0.6 is 11.3 Å². The second kappa shape index (κ2) is 10.1. The number of thiazole rings is 1. The lowest BCUT2D eigenvalue weighted by Crippen LogP contribution is -2.42. The van der Waals surface area contributed by atoms with Crippen molar-refractivity contribution in [3.63, 3.8) is 0 Å². The molecule has 0 atom stereocenters. The van der Waals surface area contributed by atoms with Crippen molar-refractivity contribution in [2.45, 2.75) is 57.8 Å². The fourth-order valence-electron chi connectivity index (χ4n) is 3.69. The van der Waals surface area contributed by atoms with Crippen molar-refractivity contribution >= 4 is 17.3 Å². The van der Waals surface area contributed by atoms with Crippen molar-refractivity contribution in [1.29, 1.82) is 0 Å². The lowest BCUT2D eigenvalue weighted by atomic mass is 10.0. The van der Waals surface area contributed by atoms with Crippen molar-refractivity contribution in [3.05, 3.63) is 15.6 Å². The number of aliphatic imine (C=N–C) groups is 1. The Morgan fingerprint density at radius 3 is 2.68 bits per heavy atom. The summed E-state index contributed by atoms with van der Waals surface area (Å²) in [5, 5.41) is 8.20. The number of hydrogen-bond acceptors (Lipinski definition) is 4. The molecule has 1 aliphatic heterocycles. The lowest BCUT2D eigenvalue weighted by Gasteiger charge is -2.26. The third-order valence-corrected chi connectivity index (χ3v) is 6.36. The molecule has 0 spiro atoms. The Kier molecular flexibility index (Phi) is 7.55. The molecular weight excluding hydrogens is 330 g/mol. The zero-order chi connectivity index (χ0) is 17.3. The summed E-state index contributed by atoms with van der Waals surface area (Å²) < 4.78 is 0. The van der Waals surface area contributed by atoms with Crippen LogP contribution in [0.3, 0.4) is 0 Å². The maximum absolute atomic E-state index is 4.83. The van der Waals surface area contributed by atoms with Crippen LogP contribution in [0.4, 0.5) is 0 Å². The highest BCUT2D eigenvalue weighted by Crippen LogP contribution is 2.27. The number of aromatic nitrogens is 1. The molecule has 2 heterocycles. The van der Waals surface area contributed by atoms with Crippen LogP contribution in [-0.4, -0.2) is 55.6 Å². The highest BCUT2D eigenvalue weighted by Gasteiger charge is 2.14. The van der Waals surface area contributed by atoms with Crippen LogP contribution in [0.25, 0.3) is 0 Å². The molecule has 1 aromatic heterocycles. The Bertz CT molecular complexity index is 525. The number of fused-ring (bicyclic) bond motifs is 1. The molecule has 3 rings (SSSR count). The van der Waals surface area contributed by atoms with Gasteiger partial charge in [-0.25, -0.2) is 4.98 Å². The molecule has 1 fully saturated rings. The summed E-state index contributed by atoms with van der Waals surface area (Å²) in [5.41, 5.74) is 1.38. The van der Waals surface area contributed by atoms with Gasteiger partial charge in [0, 0.05) is 38.0 Å². The lowest BCUT2D eigenvalue weighted by molar-refractivity contribution is 0.232. The summed E-state index contributed by atoms with van der Waals surface area (Å²) in [6.45, 7) is 5.55. The molecule has 0 bridgehead atoms. The molecule has 2 N–H and O–H groups in total. The molecule has 25 heavy (non-hydrogen) atoms. The number of likely N-dealkylation sites (tertiary alicyclic amines) is 1. The van der Waals surface area contributed by atoms with Crippen LogP contribution < -0.4 is 10.6 Å². The average Bonchev–Trinajstić information content (AvgIpc) is 3.07. The van der Waals surface area contributed by atoms with Crippen molar-refractivity contribution in [2.75, 3.05) is 39.8 Å². The van der Waals surface area contributed by atoms with Gasteiger partial charge in [0.15, 0.2) is 5.96 Å². The van der Waals surface area contributed by atoms with E-state index in [1.165, 1.54) is 68.7 Å². The molecule has 0 radical (unpaired) electrons. The summed E-state index contributed by atoms with van der Waals surface area (Å²) >= 11 is 1.94. The van der Waals surface area contributed by atoms with Crippen molar-refractivity contribution in [3.8, 4) is 0 Å². The Morgan fingerprint density at radius 2 is 1.88 bits per heavy atom. The molecule has 1 aromatic rings. The first-order valence-corrected chi connectivity index (χ1v) is 10.8. The monoisotopic (exact) mass is 363 g/mol. The Hall–Kier alpha value is -1.14. The number of nitrogens with zero attached hydrogens (tertiary/aromatic N) is 3. The number of piperidine rings is 1. The molecular formula is C19H33N5S. The van der Waals surface area contributed by atoms with Gasteiger partial charge in [-0.3, -0.25) is 4.99 Å². The topological polar surface area (TPSA) is 52.6 Å². The Morgan fingerprint density at radius 1 is 1.08 bits per heavy atom. The van der Waals surface area contributed by atoms with E-state index in [1.807, 2.05) is 18.4 Å². The number of nitrogens with one attached hydrogen (secondary N) is 2. The van der Waals surface area contributed by atoms with Crippen molar-refractivity contribution in [2.24, 2.45) is 4.99 Å². The van der Waals surface area contributed by atoms with Crippen LogP contribution in [0.1, 0.15) is 54.1 Å². The summed E-state index contributed by atoms with van der Waals surface area (Å²) in [6, 6.07) is 0. The van der Waals surface area contributed by atoms with Gasteiger partial charge in [-0.1, -0.05) is 6.42 Å². The molecule has 1 saturated heterocycles. The Balaban J connectivity index is 1.29. The van der Waals surface area contributed by atoms with Gasteiger partial charge < -0.3 is 15.5 Å². The molecule has 1 aliphatic carbocycles. The molecule has 0 saturated carbocycles. The maximum Gasteiger partial charge on any atom is 0.191 e. The highest BCUT2D eigenvalue weighted by molar-refractivity contribution is 7.11. The van der Waals surface area contributed by atoms with Gasteiger partial charge in [-0.05, 0) is 58.0 Å². The minimum atomic E-state index is 0.926. The first-order chi connectivity index (χ1) is 12.3. The predicted octanol–water partition coefficient (Wildman–Crippen LogP) is 2.61. The zero-order valence-electron chi connectivity index (χ0n) is 15.6. The number of rotatable bonds is 7. The summed E-state index contributed by atoms with van der Waals surface area (Å²) in [4.78, 5) is 13.3. The minimum Gasteiger partial charge on any atom is -0.356 e. The molecule has 0 unspecified atom stereocenters. The van der Waals surface area contributed by atoms with Crippen LogP contribution in [-0.2, 0) is 19.3 Å². The summed E-state index contributed by atoms with van der Waals surface area (Å²) in [6.07, 6.45) is 11.4. The second-order valence-corrected chi connectivity index (χ2v) is 8.28. The molecule has 140 valence electrons. The SMILES string of the molecule is CN=C(NCCCc1nc2c(s1)CCCC2)NCCN1CCCCC1. The van der Waals surface area contributed by atoms with E-state index in [4.69, 9.17) is 4.98 Å². The van der Waals surface area contributed by atoms with Gasteiger partial charge in [0.1, 0.15) is 0 Å². The number of aryl methyl sites for hydroxylation is 3.